The first-order valence-corrected chi connectivity index (χ1v) is 9.37. The van der Waals surface area contributed by atoms with Gasteiger partial charge in [0.05, 0.1) is 13.1 Å². The largest absolute Gasteiger partial charge is 0.357 e. The van der Waals surface area contributed by atoms with E-state index in [-0.39, 0.29) is 17.3 Å². The van der Waals surface area contributed by atoms with Gasteiger partial charge in [-0.15, -0.1) is 0 Å². The third-order valence-corrected chi connectivity index (χ3v) is 5.33. The first-order valence-electron chi connectivity index (χ1n) is 9.37. The third kappa shape index (κ3) is 3.43. The molecule has 138 valence electrons. The number of aliphatic imine (C=N–C) groups is 1. The summed E-state index contributed by atoms with van der Waals surface area (Å²) in [6, 6.07) is 7.35. The fraction of sp³-hybridized carbons (Fsp3) is 0.526. The average molecular weight is 356 g/mol. The second kappa shape index (κ2) is 7.05. The molecule has 2 aliphatic rings. The Balaban J connectivity index is 1.44. The summed E-state index contributed by atoms with van der Waals surface area (Å²) in [5.74, 6) is 1.72. The van der Waals surface area contributed by atoms with E-state index in [1.165, 1.54) is 0 Å². The second-order valence-corrected chi connectivity index (χ2v) is 7.19. The number of fused-ring (bicyclic) bond motifs is 1. The van der Waals surface area contributed by atoms with Gasteiger partial charge in [-0.1, -0.05) is 18.2 Å². The lowest BCUT2D eigenvalue weighted by atomic mass is 9.95. The highest BCUT2D eigenvalue weighted by atomic mass is 19.1. The van der Waals surface area contributed by atoms with Crippen LogP contribution >= 0.6 is 0 Å². The van der Waals surface area contributed by atoms with Crippen LogP contribution < -0.4 is 10.6 Å². The third-order valence-electron chi connectivity index (χ3n) is 5.33. The topological polar surface area (TPSA) is 67.1 Å². The number of halogens is 1. The van der Waals surface area contributed by atoms with Crippen LogP contribution in [0.15, 0.2) is 35.6 Å². The van der Waals surface area contributed by atoms with Crippen molar-refractivity contribution in [2.75, 3.05) is 13.1 Å². The van der Waals surface area contributed by atoms with Crippen LogP contribution in [0.4, 0.5) is 4.39 Å². The van der Waals surface area contributed by atoms with Crippen LogP contribution in [0, 0.1) is 5.82 Å². The smallest absolute Gasteiger partial charge is 0.191 e. The molecule has 6 nitrogen and oxygen atoms in total. The first-order chi connectivity index (χ1) is 12.7. The van der Waals surface area contributed by atoms with Gasteiger partial charge in [-0.25, -0.2) is 14.1 Å². The van der Waals surface area contributed by atoms with Crippen LogP contribution in [0.2, 0.25) is 0 Å². The fourth-order valence-corrected chi connectivity index (χ4v) is 3.65. The number of hydrogen-bond donors (Lipinski definition) is 2. The van der Waals surface area contributed by atoms with Crippen molar-refractivity contribution in [2.45, 2.75) is 50.6 Å². The van der Waals surface area contributed by atoms with Crippen molar-refractivity contribution in [3.8, 4) is 0 Å². The van der Waals surface area contributed by atoms with Gasteiger partial charge in [-0.2, -0.15) is 5.10 Å². The molecule has 2 aromatic rings. The molecule has 2 N–H and O–H groups in total. The van der Waals surface area contributed by atoms with Crippen molar-refractivity contribution < 1.29 is 4.39 Å². The van der Waals surface area contributed by atoms with E-state index in [0.29, 0.717) is 6.54 Å². The van der Waals surface area contributed by atoms with E-state index in [4.69, 9.17) is 4.99 Å². The molecule has 1 unspecified atom stereocenters. The van der Waals surface area contributed by atoms with E-state index in [1.54, 1.807) is 18.5 Å². The quantitative estimate of drug-likeness (QED) is 0.635. The molecule has 2 heterocycles. The fourth-order valence-electron chi connectivity index (χ4n) is 3.65. The summed E-state index contributed by atoms with van der Waals surface area (Å²) >= 11 is 0. The monoisotopic (exact) mass is 356 g/mol. The minimum absolute atomic E-state index is 0.121. The van der Waals surface area contributed by atoms with Crippen LogP contribution in [0.1, 0.15) is 37.6 Å². The van der Waals surface area contributed by atoms with Crippen LogP contribution in [0.3, 0.4) is 0 Å². The molecule has 0 bridgehead atoms. The number of guanidine groups is 1. The summed E-state index contributed by atoms with van der Waals surface area (Å²) in [4.78, 5) is 9.05. The molecular weight excluding hydrogens is 331 g/mol. The molecule has 0 amide bonds. The van der Waals surface area contributed by atoms with Crippen LogP contribution in [-0.2, 0) is 18.4 Å². The zero-order chi connectivity index (χ0) is 18.0. The van der Waals surface area contributed by atoms with Gasteiger partial charge in [0.15, 0.2) is 5.96 Å². The summed E-state index contributed by atoms with van der Waals surface area (Å²) in [6.07, 6.45) is 5.51. The second-order valence-electron chi connectivity index (χ2n) is 7.19. The number of aryl methyl sites for hydroxylation is 1. The van der Waals surface area contributed by atoms with Gasteiger partial charge in [0, 0.05) is 24.4 Å². The van der Waals surface area contributed by atoms with Crippen molar-refractivity contribution in [3.05, 3.63) is 47.8 Å². The van der Waals surface area contributed by atoms with E-state index >= 15 is 0 Å². The molecule has 1 fully saturated rings. The molecule has 0 spiro atoms. The summed E-state index contributed by atoms with van der Waals surface area (Å²) in [5.41, 5.74) is 0.656. The Morgan fingerprint density at radius 2 is 2.23 bits per heavy atom. The van der Waals surface area contributed by atoms with Gasteiger partial charge in [-0.3, -0.25) is 4.99 Å². The van der Waals surface area contributed by atoms with Crippen molar-refractivity contribution in [3.63, 3.8) is 0 Å². The van der Waals surface area contributed by atoms with Gasteiger partial charge in [0.1, 0.15) is 18.0 Å². The highest BCUT2D eigenvalue weighted by molar-refractivity contribution is 5.80. The minimum atomic E-state index is -0.140. The zero-order valence-corrected chi connectivity index (χ0v) is 15.1. The van der Waals surface area contributed by atoms with Crippen molar-refractivity contribution in [2.24, 2.45) is 4.99 Å². The Morgan fingerprint density at radius 1 is 1.38 bits per heavy atom. The molecule has 26 heavy (non-hydrogen) atoms. The minimum Gasteiger partial charge on any atom is -0.357 e. The highest BCUT2D eigenvalue weighted by Crippen LogP contribution is 2.49. The molecule has 7 heteroatoms. The maximum Gasteiger partial charge on any atom is 0.191 e. The Morgan fingerprint density at radius 3 is 3.00 bits per heavy atom. The summed E-state index contributed by atoms with van der Waals surface area (Å²) in [6.45, 7) is 4.24. The lowest BCUT2D eigenvalue weighted by Gasteiger charge is -2.26. The molecule has 1 aromatic heterocycles. The van der Waals surface area contributed by atoms with E-state index in [0.717, 1.165) is 56.1 Å². The number of rotatable bonds is 5. The number of hydrogen-bond acceptors (Lipinski definition) is 3. The molecule has 0 radical (unpaired) electrons. The predicted octanol–water partition coefficient (Wildman–Crippen LogP) is 2.02. The number of nitrogens with one attached hydrogen (secondary N) is 2. The van der Waals surface area contributed by atoms with Gasteiger partial charge >= 0.3 is 0 Å². The average Bonchev–Trinajstić information content (AvgIpc) is 3.29. The molecule has 0 saturated heterocycles. The Kier molecular flexibility index (Phi) is 4.61. The van der Waals surface area contributed by atoms with Gasteiger partial charge in [0.2, 0.25) is 0 Å². The van der Waals surface area contributed by atoms with E-state index in [1.807, 2.05) is 16.8 Å². The molecule has 4 rings (SSSR count). The maximum atomic E-state index is 14.2. The summed E-state index contributed by atoms with van der Waals surface area (Å²) in [7, 11) is 0. The number of aromatic nitrogens is 3. The van der Waals surface area contributed by atoms with E-state index < -0.39 is 0 Å². The normalized spacial score (nSPS) is 21.2. The Hall–Kier alpha value is -2.44. The molecule has 1 atom stereocenters. The molecule has 1 aliphatic heterocycles. The number of nitrogens with zero attached hydrogens (tertiary/aromatic N) is 4. The number of benzene rings is 1. The van der Waals surface area contributed by atoms with E-state index in [2.05, 4.69) is 27.6 Å². The molecule has 1 aliphatic carbocycles. The summed E-state index contributed by atoms with van der Waals surface area (Å²) < 4.78 is 16.1. The van der Waals surface area contributed by atoms with Crippen LogP contribution in [0.25, 0.3) is 0 Å². The highest BCUT2D eigenvalue weighted by Gasteiger charge is 2.45. The first kappa shape index (κ1) is 17.0. The van der Waals surface area contributed by atoms with Gasteiger partial charge in [0.25, 0.3) is 0 Å². The Bertz CT molecular complexity index is 795. The van der Waals surface area contributed by atoms with Crippen LogP contribution in [-0.4, -0.2) is 39.9 Å². The predicted molar refractivity (Wildman–Crippen MR) is 98.6 cm³/mol. The molecule has 1 saturated carbocycles. The lowest BCUT2D eigenvalue weighted by molar-refractivity contribution is 0.392. The summed E-state index contributed by atoms with van der Waals surface area (Å²) in [5, 5.41) is 11.1. The van der Waals surface area contributed by atoms with Crippen molar-refractivity contribution in [1.82, 2.24) is 25.4 Å². The van der Waals surface area contributed by atoms with E-state index in [9.17, 15) is 4.39 Å². The van der Waals surface area contributed by atoms with Gasteiger partial charge < -0.3 is 10.6 Å². The molecular formula is C19H25FN6. The Labute approximate surface area is 152 Å². The lowest BCUT2D eigenvalue weighted by Crippen LogP contribution is -2.47. The SMILES string of the molecule is CCNC(=NCC1(c2ccccc2F)CC1)NC1CCc2ncnn2C1. The van der Waals surface area contributed by atoms with Crippen molar-refractivity contribution >= 4 is 5.96 Å². The standard InChI is InChI=1S/C19H25FN6/c1-2-21-18(25-14-7-8-17-23-13-24-26(17)11-14)22-12-19(9-10-19)15-5-3-4-6-16(15)20/h3-6,13-14H,2,7-12H2,1H3,(H2,21,22,25). The maximum absolute atomic E-state index is 14.2. The van der Waals surface area contributed by atoms with Crippen molar-refractivity contribution in [1.29, 1.82) is 0 Å². The van der Waals surface area contributed by atoms with Crippen LogP contribution in [0.5, 0.6) is 0 Å². The zero-order valence-electron chi connectivity index (χ0n) is 15.1. The molecule has 1 aromatic carbocycles. The van der Waals surface area contributed by atoms with Gasteiger partial charge in [-0.05, 0) is 37.8 Å².